The smallest absolute Gasteiger partial charge is 0.118 e. The van der Waals surface area contributed by atoms with E-state index in [1.54, 1.807) is 0 Å². The molecule has 28 heavy (non-hydrogen) atoms. The van der Waals surface area contributed by atoms with Crippen LogP contribution in [0.15, 0.2) is 47.1 Å². The van der Waals surface area contributed by atoms with Gasteiger partial charge < -0.3 is 9.74 Å². The maximum Gasteiger partial charge on any atom is 0.118 e. The summed E-state index contributed by atoms with van der Waals surface area (Å²) in [5, 5.41) is 4.48. The second-order valence-electron chi connectivity index (χ2n) is 8.05. The maximum absolute atomic E-state index is 5.68. The molecule has 4 nitrogen and oxygen atoms in total. The van der Waals surface area contributed by atoms with Crippen molar-refractivity contribution in [1.29, 1.82) is 0 Å². The fourth-order valence-electron chi connectivity index (χ4n) is 4.04. The quantitative estimate of drug-likeness (QED) is 0.450. The van der Waals surface area contributed by atoms with Crippen LogP contribution < -0.4 is 0 Å². The van der Waals surface area contributed by atoms with E-state index in [2.05, 4.69) is 58.3 Å². The molecule has 3 rings (SSSR count). The Bertz CT molecular complexity index is 618. The highest BCUT2D eigenvalue weighted by molar-refractivity contribution is 6.00. The minimum atomic E-state index is 0.731. The van der Waals surface area contributed by atoms with Gasteiger partial charge >= 0.3 is 0 Å². The molecule has 1 aliphatic carbocycles. The molecule has 0 bridgehead atoms. The zero-order valence-corrected chi connectivity index (χ0v) is 17.6. The third kappa shape index (κ3) is 7.06. The van der Waals surface area contributed by atoms with Gasteiger partial charge in [0.15, 0.2) is 0 Å². The van der Waals surface area contributed by atoms with Gasteiger partial charge in [0.25, 0.3) is 0 Å². The molecule has 1 heterocycles. The average molecular weight is 384 g/mol. The van der Waals surface area contributed by atoms with Crippen molar-refractivity contribution in [2.24, 2.45) is 5.16 Å². The predicted molar refractivity (Wildman–Crippen MR) is 118 cm³/mol. The van der Waals surface area contributed by atoms with Gasteiger partial charge in [-0.2, -0.15) is 0 Å². The van der Waals surface area contributed by atoms with E-state index in [1.165, 1.54) is 42.5 Å². The standard InChI is InChI=1S/C24H37N3O/c1-2-3-12-23-13-7-8-14-24(23)25-28-20-9-15-26-16-18-27(19-17-26)21-22-10-5-4-6-11-22/h4-6,10-12H,2-3,7-9,13-21H2,1H3/b23-12+,25-24-. The molecule has 0 unspecified atom stereocenters. The Kier molecular flexibility index (Phi) is 9.05. The number of unbranched alkanes of at least 4 members (excludes halogenated alkanes) is 1. The normalized spacial score (nSPS) is 22.0. The SMILES string of the molecule is CCC/C=C1\CCCC\C1=N\OCCCN1CCN(Cc2ccccc2)CC1. The van der Waals surface area contributed by atoms with Crippen LogP contribution in [0.3, 0.4) is 0 Å². The van der Waals surface area contributed by atoms with Gasteiger partial charge in [0.2, 0.25) is 0 Å². The van der Waals surface area contributed by atoms with Crippen LogP contribution in [0.25, 0.3) is 0 Å². The summed E-state index contributed by atoms with van der Waals surface area (Å²) < 4.78 is 0. The van der Waals surface area contributed by atoms with Crippen LogP contribution in [0.1, 0.15) is 57.4 Å². The Morgan fingerprint density at radius 1 is 1.00 bits per heavy atom. The summed E-state index contributed by atoms with van der Waals surface area (Å²) in [7, 11) is 0. The van der Waals surface area contributed by atoms with Crippen molar-refractivity contribution in [3.63, 3.8) is 0 Å². The fourth-order valence-corrected chi connectivity index (χ4v) is 4.04. The van der Waals surface area contributed by atoms with E-state index in [-0.39, 0.29) is 0 Å². The third-order valence-electron chi connectivity index (χ3n) is 5.76. The van der Waals surface area contributed by atoms with E-state index < -0.39 is 0 Å². The molecule has 4 heteroatoms. The summed E-state index contributed by atoms with van der Waals surface area (Å²) in [5.74, 6) is 0. The van der Waals surface area contributed by atoms with Crippen LogP contribution in [0, 0.1) is 0 Å². The van der Waals surface area contributed by atoms with Crippen LogP contribution in [-0.4, -0.2) is 54.8 Å². The molecule has 0 atom stereocenters. The summed E-state index contributed by atoms with van der Waals surface area (Å²) >= 11 is 0. The first-order valence-electron chi connectivity index (χ1n) is 11.2. The number of piperazine rings is 1. The highest BCUT2D eigenvalue weighted by Crippen LogP contribution is 2.22. The molecule has 0 amide bonds. The van der Waals surface area contributed by atoms with E-state index in [0.717, 1.165) is 65.1 Å². The highest BCUT2D eigenvalue weighted by atomic mass is 16.6. The van der Waals surface area contributed by atoms with E-state index >= 15 is 0 Å². The number of hydrogen-bond donors (Lipinski definition) is 0. The van der Waals surface area contributed by atoms with Gasteiger partial charge in [-0.3, -0.25) is 4.90 Å². The van der Waals surface area contributed by atoms with Crippen LogP contribution in [0.5, 0.6) is 0 Å². The first kappa shape index (κ1) is 21.1. The van der Waals surface area contributed by atoms with Crippen LogP contribution in [0.2, 0.25) is 0 Å². The Balaban J connectivity index is 1.30. The third-order valence-corrected chi connectivity index (χ3v) is 5.76. The highest BCUT2D eigenvalue weighted by Gasteiger charge is 2.17. The lowest BCUT2D eigenvalue weighted by atomic mass is 9.92. The Morgan fingerprint density at radius 3 is 2.54 bits per heavy atom. The van der Waals surface area contributed by atoms with Crippen molar-refractivity contribution < 1.29 is 4.84 Å². The molecule has 0 N–H and O–H groups in total. The average Bonchev–Trinajstić information content (AvgIpc) is 2.74. The maximum atomic E-state index is 5.68. The number of nitrogens with zero attached hydrogens (tertiary/aromatic N) is 3. The lowest BCUT2D eigenvalue weighted by Gasteiger charge is -2.34. The molecule has 2 fully saturated rings. The minimum absolute atomic E-state index is 0.731. The molecular weight excluding hydrogens is 346 g/mol. The molecule has 2 aliphatic rings. The van der Waals surface area contributed by atoms with Crippen LogP contribution in [-0.2, 0) is 11.4 Å². The van der Waals surface area contributed by atoms with Crippen molar-refractivity contribution in [3.05, 3.63) is 47.5 Å². The molecule has 1 aromatic rings. The zero-order valence-electron chi connectivity index (χ0n) is 17.6. The summed E-state index contributed by atoms with van der Waals surface area (Å²) in [4.78, 5) is 10.8. The molecule has 0 spiro atoms. The van der Waals surface area contributed by atoms with Crippen molar-refractivity contribution in [3.8, 4) is 0 Å². The van der Waals surface area contributed by atoms with Gasteiger partial charge in [0.1, 0.15) is 6.61 Å². The van der Waals surface area contributed by atoms with Crippen molar-refractivity contribution in [1.82, 2.24) is 9.80 Å². The summed E-state index contributed by atoms with van der Waals surface area (Å²) in [5.41, 5.74) is 4.05. The van der Waals surface area contributed by atoms with Crippen molar-refractivity contribution in [2.45, 2.75) is 58.4 Å². The number of rotatable bonds is 9. The van der Waals surface area contributed by atoms with E-state index in [9.17, 15) is 0 Å². The van der Waals surface area contributed by atoms with Gasteiger partial charge in [-0.15, -0.1) is 0 Å². The van der Waals surface area contributed by atoms with E-state index in [1.807, 2.05) is 0 Å². The Hall–Kier alpha value is -1.65. The predicted octanol–water partition coefficient (Wildman–Crippen LogP) is 4.87. The number of oxime groups is 1. The van der Waals surface area contributed by atoms with Gasteiger partial charge in [-0.25, -0.2) is 0 Å². The second-order valence-corrected chi connectivity index (χ2v) is 8.05. The molecule has 0 aromatic heterocycles. The van der Waals surface area contributed by atoms with Crippen molar-refractivity contribution >= 4 is 5.71 Å². The molecule has 0 radical (unpaired) electrons. The molecule has 1 saturated heterocycles. The van der Waals surface area contributed by atoms with Crippen molar-refractivity contribution in [2.75, 3.05) is 39.3 Å². The number of allylic oxidation sites excluding steroid dienone is 2. The zero-order chi connectivity index (χ0) is 19.4. The van der Waals surface area contributed by atoms with E-state index in [0.29, 0.717) is 0 Å². The Labute approximate surface area is 171 Å². The summed E-state index contributed by atoms with van der Waals surface area (Å²) in [6, 6.07) is 10.8. The number of hydrogen-bond acceptors (Lipinski definition) is 4. The van der Waals surface area contributed by atoms with Gasteiger partial charge in [0.05, 0.1) is 5.71 Å². The minimum Gasteiger partial charge on any atom is -0.396 e. The first-order chi connectivity index (χ1) is 13.8. The molecule has 1 aromatic carbocycles. The molecule has 1 aliphatic heterocycles. The second kappa shape index (κ2) is 12.0. The fraction of sp³-hybridized carbons (Fsp3) is 0.625. The molecule has 154 valence electrons. The van der Waals surface area contributed by atoms with Gasteiger partial charge in [-0.1, -0.05) is 54.9 Å². The monoisotopic (exact) mass is 383 g/mol. The lowest BCUT2D eigenvalue weighted by Crippen LogP contribution is -2.46. The first-order valence-corrected chi connectivity index (χ1v) is 11.2. The summed E-state index contributed by atoms with van der Waals surface area (Å²) in [6.45, 7) is 9.78. The van der Waals surface area contributed by atoms with Gasteiger partial charge in [-0.05, 0) is 49.7 Å². The van der Waals surface area contributed by atoms with E-state index in [4.69, 9.17) is 4.84 Å². The summed E-state index contributed by atoms with van der Waals surface area (Å²) in [6.07, 6.45) is 10.6. The topological polar surface area (TPSA) is 28.1 Å². The van der Waals surface area contributed by atoms with Gasteiger partial charge in [0, 0.05) is 39.3 Å². The van der Waals surface area contributed by atoms with Crippen LogP contribution >= 0.6 is 0 Å². The van der Waals surface area contributed by atoms with Crippen LogP contribution in [0.4, 0.5) is 0 Å². The molecule has 1 saturated carbocycles. The lowest BCUT2D eigenvalue weighted by molar-refractivity contribution is 0.0999. The largest absolute Gasteiger partial charge is 0.396 e. The molecular formula is C24H37N3O. The number of benzene rings is 1. The Morgan fingerprint density at radius 2 is 1.75 bits per heavy atom.